The molecular weight excluding hydrogens is 415 g/mol. The van der Waals surface area contributed by atoms with Crippen LogP contribution in [0.5, 0.6) is 5.75 Å². The van der Waals surface area contributed by atoms with Gasteiger partial charge in [-0.1, -0.05) is 17.8 Å². The fourth-order valence-corrected chi connectivity index (χ4v) is 3.54. The maximum atomic E-state index is 13.3. The summed E-state index contributed by atoms with van der Waals surface area (Å²) < 4.78 is 52.2. The average Bonchev–Trinajstić information content (AvgIpc) is 3.14. The van der Waals surface area contributed by atoms with Crippen LogP contribution in [0.4, 0.5) is 13.2 Å². The number of hydrogen-bond acceptors (Lipinski definition) is 5. The van der Waals surface area contributed by atoms with Crippen LogP contribution in [0, 0.1) is 0 Å². The minimum Gasteiger partial charge on any atom is -0.497 e. The lowest BCUT2D eigenvalue weighted by Gasteiger charge is -2.13. The molecule has 0 saturated heterocycles. The molecule has 0 unspecified atom stereocenters. The molecule has 1 heterocycles. The number of benzene rings is 2. The van der Waals surface area contributed by atoms with Gasteiger partial charge in [0.05, 0.1) is 31.1 Å². The third-order valence-electron chi connectivity index (χ3n) is 4.18. The van der Waals surface area contributed by atoms with Gasteiger partial charge in [0, 0.05) is 11.3 Å². The Morgan fingerprint density at radius 2 is 1.80 bits per heavy atom. The van der Waals surface area contributed by atoms with Gasteiger partial charge in [-0.3, -0.25) is 4.57 Å². The molecule has 5 nitrogen and oxygen atoms in total. The highest BCUT2D eigenvalue weighted by Crippen LogP contribution is 2.33. The van der Waals surface area contributed by atoms with Crippen LogP contribution in [0.25, 0.3) is 17.1 Å². The second-order valence-electron chi connectivity index (χ2n) is 6.69. The van der Waals surface area contributed by atoms with Crippen LogP contribution in [-0.2, 0) is 10.9 Å². The van der Waals surface area contributed by atoms with E-state index in [1.54, 1.807) is 42.0 Å². The summed E-state index contributed by atoms with van der Waals surface area (Å²) in [7, 11) is 1.56. The second-order valence-corrected chi connectivity index (χ2v) is 7.75. The fraction of sp³-hybridized carbons (Fsp3) is 0.333. The molecule has 0 bridgehead atoms. The third-order valence-corrected chi connectivity index (χ3v) is 5.07. The van der Waals surface area contributed by atoms with Crippen molar-refractivity contribution in [2.24, 2.45) is 0 Å². The van der Waals surface area contributed by atoms with Gasteiger partial charge in [0.1, 0.15) is 5.75 Å². The monoisotopic (exact) mass is 437 g/mol. The van der Waals surface area contributed by atoms with Crippen molar-refractivity contribution in [2.45, 2.75) is 31.3 Å². The maximum Gasteiger partial charge on any atom is 0.416 e. The van der Waals surface area contributed by atoms with E-state index in [9.17, 15) is 13.2 Å². The van der Waals surface area contributed by atoms with Gasteiger partial charge in [-0.25, -0.2) is 0 Å². The summed E-state index contributed by atoms with van der Waals surface area (Å²) in [5.74, 6) is 1.71. The highest BCUT2D eigenvalue weighted by atomic mass is 32.2. The number of thioether (sulfide) groups is 1. The van der Waals surface area contributed by atoms with Gasteiger partial charge in [-0.2, -0.15) is 13.2 Å². The van der Waals surface area contributed by atoms with Crippen LogP contribution in [-0.4, -0.2) is 40.3 Å². The standard InChI is InChI=1S/C21H22F3N3O2S/c1-14(2)29-11-12-30-20-26-25-19(15-7-9-18(28-3)10-8-15)27(20)17-6-4-5-16(13-17)21(22,23)24/h4-10,13-14H,11-12H2,1-3H3. The number of rotatable bonds is 8. The van der Waals surface area contributed by atoms with Crippen LogP contribution in [0.2, 0.25) is 0 Å². The highest BCUT2D eigenvalue weighted by molar-refractivity contribution is 7.99. The molecule has 0 radical (unpaired) electrons. The van der Waals surface area contributed by atoms with Crippen LogP contribution >= 0.6 is 11.8 Å². The number of alkyl halides is 3. The summed E-state index contributed by atoms with van der Waals surface area (Å²) in [6, 6.07) is 12.3. The summed E-state index contributed by atoms with van der Waals surface area (Å²) in [5, 5.41) is 8.97. The molecule has 0 atom stereocenters. The lowest BCUT2D eigenvalue weighted by molar-refractivity contribution is -0.137. The fourth-order valence-electron chi connectivity index (χ4n) is 2.76. The SMILES string of the molecule is COc1ccc(-c2nnc(SCCOC(C)C)n2-c2cccc(C(F)(F)F)c2)cc1. The number of halogens is 3. The normalized spacial score (nSPS) is 11.8. The number of ether oxygens (including phenoxy) is 2. The van der Waals surface area contributed by atoms with E-state index in [1.165, 1.54) is 17.8 Å². The molecule has 0 saturated carbocycles. The van der Waals surface area contributed by atoms with Crippen LogP contribution < -0.4 is 4.74 Å². The smallest absolute Gasteiger partial charge is 0.416 e. The van der Waals surface area contributed by atoms with Crippen molar-refractivity contribution in [1.82, 2.24) is 14.8 Å². The summed E-state index contributed by atoms with van der Waals surface area (Å²) in [6.45, 7) is 4.38. The minimum absolute atomic E-state index is 0.0989. The first-order valence-electron chi connectivity index (χ1n) is 9.31. The maximum absolute atomic E-state index is 13.3. The zero-order valence-electron chi connectivity index (χ0n) is 16.8. The molecule has 0 spiro atoms. The molecular formula is C21H22F3N3O2S. The first-order valence-corrected chi connectivity index (χ1v) is 10.3. The molecule has 0 aliphatic carbocycles. The van der Waals surface area contributed by atoms with Gasteiger partial charge >= 0.3 is 6.18 Å². The minimum atomic E-state index is -4.44. The molecule has 3 aromatic rings. The summed E-state index contributed by atoms with van der Waals surface area (Å²) in [5.41, 5.74) is 0.326. The van der Waals surface area contributed by atoms with Crippen molar-refractivity contribution in [1.29, 1.82) is 0 Å². The van der Waals surface area contributed by atoms with Gasteiger partial charge in [0.2, 0.25) is 0 Å². The predicted octanol–water partition coefficient (Wildman–Crippen LogP) is 5.48. The Bertz CT molecular complexity index is 972. The Morgan fingerprint density at radius 1 is 1.07 bits per heavy atom. The number of methoxy groups -OCH3 is 1. The van der Waals surface area contributed by atoms with E-state index in [2.05, 4.69) is 10.2 Å². The van der Waals surface area contributed by atoms with E-state index in [4.69, 9.17) is 9.47 Å². The van der Waals surface area contributed by atoms with Crippen LogP contribution in [0.15, 0.2) is 53.7 Å². The number of aromatic nitrogens is 3. The molecule has 0 aliphatic rings. The average molecular weight is 437 g/mol. The lowest BCUT2D eigenvalue weighted by Crippen LogP contribution is -2.08. The molecule has 0 fully saturated rings. The summed E-state index contributed by atoms with van der Waals surface area (Å²) in [4.78, 5) is 0. The van der Waals surface area contributed by atoms with E-state index in [0.717, 1.165) is 12.1 Å². The van der Waals surface area contributed by atoms with E-state index >= 15 is 0 Å². The van der Waals surface area contributed by atoms with Crippen molar-refractivity contribution in [3.05, 3.63) is 54.1 Å². The van der Waals surface area contributed by atoms with Crippen molar-refractivity contribution in [3.8, 4) is 22.8 Å². The Labute approximate surface area is 177 Å². The number of hydrogen-bond donors (Lipinski definition) is 0. The Kier molecular flexibility index (Phi) is 7.04. The quantitative estimate of drug-likeness (QED) is 0.345. The largest absolute Gasteiger partial charge is 0.497 e. The van der Waals surface area contributed by atoms with E-state index in [1.807, 2.05) is 13.8 Å². The third kappa shape index (κ3) is 5.34. The Hall–Kier alpha value is -2.52. The first-order chi connectivity index (χ1) is 14.3. The Balaban J connectivity index is 2.01. The van der Waals surface area contributed by atoms with Crippen molar-refractivity contribution in [3.63, 3.8) is 0 Å². The van der Waals surface area contributed by atoms with Gasteiger partial charge < -0.3 is 9.47 Å². The zero-order valence-corrected chi connectivity index (χ0v) is 17.6. The van der Waals surface area contributed by atoms with Crippen molar-refractivity contribution in [2.75, 3.05) is 19.5 Å². The topological polar surface area (TPSA) is 49.2 Å². The molecule has 2 aromatic carbocycles. The van der Waals surface area contributed by atoms with Gasteiger partial charge in [-0.15, -0.1) is 10.2 Å². The number of nitrogens with zero attached hydrogens (tertiary/aromatic N) is 3. The molecule has 0 aliphatic heterocycles. The molecule has 1 aromatic heterocycles. The molecule has 3 rings (SSSR count). The summed E-state index contributed by atoms with van der Waals surface area (Å²) >= 11 is 1.38. The highest BCUT2D eigenvalue weighted by Gasteiger charge is 2.31. The van der Waals surface area contributed by atoms with Gasteiger partial charge in [0.25, 0.3) is 0 Å². The van der Waals surface area contributed by atoms with Crippen LogP contribution in [0.1, 0.15) is 19.4 Å². The van der Waals surface area contributed by atoms with Crippen molar-refractivity contribution >= 4 is 11.8 Å². The molecule has 30 heavy (non-hydrogen) atoms. The molecule has 0 N–H and O–H groups in total. The molecule has 160 valence electrons. The predicted molar refractivity (Wildman–Crippen MR) is 110 cm³/mol. The summed E-state index contributed by atoms with van der Waals surface area (Å²) in [6.07, 6.45) is -4.34. The lowest BCUT2D eigenvalue weighted by atomic mass is 10.1. The van der Waals surface area contributed by atoms with E-state index in [0.29, 0.717) is 40.3 Å². The van der Waals surface area contributed by atoms with Crippen molar-refractivity contribution < 1.29 is 22.6 Å². The molecule has 0 amide bonds. The van der Waals surface area contributed by atoms with Crippen LogP contribution in [0.3, 0.4) is 0 Å². The molecule has 9 heteroatoms. The van der Waals surface area contributed by atoms with E-state index < -0.39 is 11.7 Å². The van der Waals surface area contributed by atoms with Gasteiger partial charge in [-0.05, 0) is 56.3 Å². The Morgan fingerprint density at radius 3 is 2.43 bits per heavy atom. The van der Waals surface area contributed by atoms with E-state index in [-0.39, 0.29) is 6.10 Å². The second kappa shape index (κ2) is 9.53. The first kappa shape index (κ1) is 22.2. The zero-order chi connectivity index (χ0) is 21.7. The van der Waals surface area contributed by atoms with Gasteiger partial charge in [0.15, 0.2) is 11.0 Å².